The number of thiophene rings is 1. The summed E-state index contributed by atoms with van der Waals surface area (Å²) in [7, 11) is 0. The average Bonchev–Trinajstić information content (AvgIpc) is 3.82. The lowest BCUT2D eigenvalue weighted by Crippen LogP contribution is -2.11. The highest BCUT2D eigenvalue weighted by Crippen LogP contribution is 2.46. The maximum Gasteiger partial charge on any atom is 0.0562 e. The van der Waals surface area contributed by atoms with Crippen molar-refractivity contribution in [3.05, 3.63) is 218 Å². The molecular weight excluding hydrogens is 709 g/mol. The van der Waals surface area contributed by atoms with Gasteiger partial charge in [-0.05, 0) is 76.9 Å². The van der Waals surface area contributed by atoms with Gasteiger partial charge in [0, 0.05) is 53.4 Å². The van der Waals surface area contributed by atoms with E-state index in [-0.39, 0.29) is 0 Å². The quantitative estimate of drug-likeness (QED) is 0.158. The molecule has 2 heterocycles. The second-order valence-corrected chi connectivity index (χ2v) is 15.6. The second kappa shape index (κ2) is 13.8. The van der Waals surface area contributed by atoms with Gasteiger partial charge in [0.1, 0.15) is 0 Å². The van der Waals surface area contributed by atoms with Crippen LogP contribution < -0.4 is 4.90 Å². The minimum Gasteiger partial charge on any atom is -0.310 e. The van der Waals surface area contributed by atoms with Crippen LogP contribution in [0.2, 0.25) is 0 Å². The minimum atomic E-state index is 1.09. The SMILES string of the molecule is c1ccc(-c2ccc(-c3ccccc3)c(-n3c4ccccc4c4ccc(N(c5ccc6sc7ccccc7c6c5)c5ccccc5-c5ccccc5)cc43)c2)cc1. The van der Waals surface area contributed by atoms with Gasteiger partial charge in [0.05, 0.1) is 22.4 Å². The summed E-state index contributed by atoms with van der Waals surface area (Å²) in [6.07, 6.45) is 0. The Bertz CT molecular complexity index is 3230. The number of hydrogen-bond donors (Lipinski definition) is 0. The number of fused-ring (bicyclic) bond motifs is 6. The number of hydrogen-bond acceptors (Lipinski definition) is 2. The fraction of sp³-hybridized carbons (Fsp3) is 0. The van der Waals surface area contributed by atoms with Crippen LogP contribution in [0.5, 0.6) is 0 Å². The maximum atomic E-state index is 2.49. The Hall–Kier alpha value is -7.20. The zero-order valence-corrected chi connectivity index (χ0v) is 31.9. The molecule has 11 rings (SSSR count). The Morgan fingerprint density at radius 1 is 0.333 bits per heavy atom. The second-order valence-electron chi connectivity index (χ2n) is 14.5. The van der Waals surface area contributed by atoms with Gasteiger partial charge in [0.15, 0.2) is 0 Å². The highest BCUT2D eigenvalue weighted by molar-refractivity contribution is 7.25. The number of para-hydroxylation sites is 2. The summed E-state index contributed by atoms with van der Waals surface area (Å²) in [6, 6.07) is 79.5. The van der Waals surface area contributed by atoms with Gasteiger partial charge >= 0.3 is 0 Å². The summed E-state index contributed by atoms with van der Waals surface area (Å²) in [6.45, 7) is 0. The molecule has 0 fully saturated rings. The van der Waals surface area contributed by atoms with Crippen LogP contribution in [0.25, 0.3) is 81.0 Å². The fourth-order valence-electron chi connectivity index (χ4n) is 8.56. The predicted octanol–water partition coefficient (Wildman–Crippen LogP) is 15.6. The van der Waals surface area contributed by atoms with Gasteiger partial charge in [-0.25, -0.2) is 0 Å². The van der Waals surface area contributed by atoms with Crippen LogP contribution in [-0.4, -0.2) is 4.57 Å². The Morgan fingerprint density at radius 2 is 0.912 bits per heavy atom. The third-order valence-corrected chi connectivity index (χ3v) is 12.3. The molecule has 11 aromatic rings. The van der Waals surface area contributed by atoms with Crippen molar-refractivity contribution in [3.8, 4) is 39.1 Å². The van der Waals surface area contributed by atoms with Crippen molar-refractivity contribution in [1.29, 1.82) is 0 Å². The van der Waals surface area contributed by atoms with Gasteiger partial charge in [0.25, 0.3) is 0 Å². The number of aromatic nitrogens is 1. The zero-order valence-electron chi connectivity index (χ0n) is 31.1. The van der Waals surface area contributed by atoms with E-state index < -0.39 is 0 Å². The normalized spacial score (nSPS) is 11.5. The van der Waals surface area contributed by atoms with Crippen LogP contribution >= 0.6 is 11.3 Å². The minimum absolute atomic E-state index is 1.09. The van der Waals surface area contributed by atoms with E-state index in [1.165, 1.54) is 69.8 Å². The topological polar surface area (TPSA) is 8.17 Å². The lowest BCUT2D eigenvalue weighted by Gasteiger charge is -2.28. The molecule has 0 radical (unpaired) electrons. The molecule has 268 valence electrons. The molecule has 0 atom stereocenters. The third-order valence-electron chi connectivity index (χ3n) is 11.2. The van der Waals surface area contributed by atoms with E-state index in [1.807, 2.05) is 11.3 Å². The molecule has 0 saturated carbocycles. The van der Waals surface area contributed by atoms with Crippen LogP contribution in [-0.2, 0) is 0 Å². The highest BCUT2D eigenvalue weighted by Gasteiger charge is 2.22. The van der Waals surface area contributed by atoms with Crippen molar-refractivity contribution in [2.75, 3.05) is 4.90 Å². The molecule has 0 unspecified atom stereocenters. The molecule has 0 saturated heterocycles. The predicted molar refractivity (Wildman–Crippen MR) is 245 cm³/mol. The Morgan fingerprint density at radius 3 is 1.70 bits per heavy atom. The van der Waals surface area contributed by atoms with Gasteiger partial charge in [-0.1, -0.05) is 164 Å². The molecule has 2 nitrogen and oxygen atoms in total. The van der Waals surface area contributed by atoms with E-state index in [0.29, 0.717) is 0 Å². The first-order valence-electron chi connectivity index (χ1n) is 19.4. The van der Waals surface area contributed by atoms with Crippen molar-refractivity contribution in [3.63, 3.8) is 0 Å². The number of nitrogens with zero attached hydrogens (tertiary/aromatic N) is 2. The summed E-state index contributed by atoms with van der Waals surface area (Å²) in [5.74, 6) is 0. The number of anilines is 3. The molecule has 0 bridgehead atoms. The van der Waals surface area contributed by atoms with Gasteiger partial charge in [-0.3, -0.25) is 0 Å². The number of rotatable bonds is 7. The Labute approximate surface area is 335 Å². The lowest BCUT2D eigenvalue weighted by molar-refractivity contribution is 1.18. The lowest BCUT2D eigenvalue weighted by atomic mass is 9.98. The van der Waals surface area contributed by atoms with Gasteiger partial charge in [0.2, 0.25) is 0 Å². The summed E-state index contributed by atoms with van der Waals surface area (Å²) in [5, 5.41) is 5.01. The van der Waals surface area contributed by atoms with E-state index in [4.69, 9.17) is 0 Å². The van der Waals surface area contributed by atoms with Crippen LogP contribution in [0.4, 0.5) is 17.1 Å². The smallest absolute Gasteiger partial charge is 0.0562 e. The monoisotopic (exact) mass is 744 g/mol. The van der Waals surface area contributed by atoms with Gasteiger partial charge in [-0.15, -0.1) is 11.3 Å². The summed E-state index contributed by atoms with van der Waals surface area (Å²) >= 11 is 1.85. The van der Waals surface area contributed by atoms with Crippen LogP contribution in [0.1, 0.15) is 0 Å². The first kappa shape index (κ1) is 33.2. The molecule has 0 aliphatic heterocycles. The largest absolute Gasteiger partial charge is 0.310 e. The Balaban J connectivity index is 1.20. The Kier molecular flexibility index (Phi) is 8.04. The molecule has 2 aromatic heterocycles. The first-order chi connectivity index (χ1) is 28.3. The molecule has 57 heavy (non-hydrogen) atoms. The third kappa shape index (κ3) is 5.71. The molecule has 0 aliphatic carbocycles. The summed E-state index contributed by atoms with van der Waals surface area (Å²) in [5.41, 5.74) is 13.9. The van der Waals surface area contributed by atoms with Crippen molar-refractivity contribution in [1.82, 2.24) is 4.57 Å². The van der Waals surface area contributed by atoms with E-state index in [9.17, 15) is 0 Å². The van der Waals surface area contributed by atoms with Crippen LogP contribution in [0.15, 0.2) is 218 Å². The van der Waals surface area contributed by atoms with E-state index in [0.717, 1.165) is 28.3 Å². The molecule has 0 N–H and O–H groups in total. The van der Waals surface area contributed by atoms with Crippen molar-refractivity contribution < 1.29 is 0 Å². The van der Waals surface area contributed by atoms with Crippen LogP contribution in [0, 0.1) is 0 Å². The average molecular weight is 745 g/mol. The summed E-state index contributed by atoms with van der Waals surface area (Å²) in [4.78, 5) is 2.45. The molecule has 3 heteroatoms. The molecular formula is C54H36N2S. The van der Waals surface area contributed by atoms with Crippen molar-refractivity contribution in [2.24, 2.45) is 0 Å². The highest BCUT2D eigenvalue weighted by atomic mass is 32.1. The summed E-state index contributed by atoms with van der Waals surface area (Å²) < 4.78 is 5.08. The molecule has 0 spiro atoms. The maximum absolute atomic E-state index is 2.49. The van der Waals surface area contributed by atoms with E-state index in [1.54, 1.807) is 0 Å². The molecule has 0 aliphatic rings. The van der Waals surface area contributed by atoms with Crippen molar-refractivity contribution >= 4 is 70.4 Å². The zero-order chi connectivity index (χ0) is 37.7. The van der Waals surface area contributed by atoms with Crippen LogP contribution in [0.3, 0.4) is 0 Å². The standard InChI is InChI=1S/C54H36N2S/c1-4-16-37(17-5-1)40-28-31-44(39-20-8-3-9-21-39)51(34-40)56-50-26-14-11-23-45(50)46-32-29-42(36-52(46)56)55(49-25-13-10-22-43(49)38-18-6-2-7-19-38)41-30-33-54-48(35-41)47-24-12-15-27-53(47)57-54/h1-36H. The van der Waals surface area contributed by atoms with Gasteiger partial charge in [-0.2, -0.15) is 0 Å². The van der Waals surface area contributed by atoms with Gasteiger partial charge < -0.3 is 9.47 Å². The van der Waals surface area contributed by atoms with Crippen molar-refractivity contribution in [2.45, 2.75) is 0 Å². The first-order valence-corrected chi connectivity index (χ1v) is 20.2. The number of benzene rings is 9. The van der Waals surface area contributed by atoms with E-state index in [2.05, 4.69) is 228 Å². The molecule has 0 amide bonds. The van der Waals surface area contributed by atoms with E-state index >= 15 is 0 Å². The molecule has 9 aromatic carbocycles. The fourth-order valence-corrected chi connectivity index (χ4v) is 9.64.